The lowest BCUT2D eigenvalue weighted by atomic mass is 10.2. The third kappa shape index (κ3) is 1.35. The molecular formula is C12H15N3. The molecule has 3 rings (SSSR count). The van der Waals surface area contributed by atoms with Crippen molar-refractivity contribution in [2.24, 2.45) is 7.05 Å². The summed E-state index contributed by atoms with van der Waals surface area (Å²) < 4.78 is 2.21. The standard InChI is InChI=1S/C12H15N3/c1-15-11-7-3-2-5-9(11)14-12(15)10-6-4-8-13-10/h2-3,5,7,10,13H,4,6,8H2,1H3. The predicted octanol–water partition coefficient (Wildman–Crippen LogP) is 2.00. The molecule has 1 atom stereocenters. The number of nitrogens with zero attached hydrogens (tertiary/aromatic N) is 2. The van der Waals surface area contributed by atoms with E-state index in [0.29, 0.717) is 6.04 Å². The van der Waals surface area contributed by atoms with E-state index in [2.05, 4.69) is 35.1 Å². The van der Waals surface area contributed by atoms with Crippen molar-refractivity contribution in [3.63, 3.8) is 0 Å². The van der Waals surface area contributed by atoms with E-state index in [1.54, 1.807) is 0 Å². The molecule has 0 spiro atoms. The van der Waals surface area contributed by atoms with E-state index in [0.717, 1.165) is 12.1 Å². The first-order valence-electron chi connectivity index (χ1n) is 5.51. The van der Waals surface area contributed by atoms with Crippen LogP contribution in [0.5, 0.6) is 0 Å². The zero-order chi connectivity index (χ0) is 10.3. The van der Waals surface area contributed by atoms with E-state index >= 15 is 0 Å². The Balaban J connectivity index is 2.14. The van der Waals surface area contributed by atoms with E-state index in [-0.39, 0.29) is 0 Å². The van der Waals surface area contributed by atoms with Crippen LogP contribution in [0.25, 0.3) is 11.0 Å². The average molecular weight is 201 g/mol. The van der Waals surface area contributed by atoms with Crippen molar-refractivity contribution in [1.82, 2.24) is 14.9 Å². The number of aryl methyl sites for hydroxylation is 1. The number of nitrogens with one attached hydrogen (secondary N) is 1. The normalized spacial score (nSPS) is 21.3. The lowest BCUT2D eigenvalue weighted by Crippen LogP contribution is -2.16. The number of para-hydroxylation sites is 2. The Bertz CT molecular complexity index is 481. The number of rotatable bonds is 1. The minimum Gasteiger partial charge on any atom is -0.330 e. The van der Waals surface area contributed by atoms with Crippen molar-refractivity contribution in [3.05, 3.63) is 30.1 Å². The molecule has 0 bridgehead atoms. The van der Waals surface area contributed by atoms with Crippen molar-refractivity contribution < 1.29 is 0 Å². The van der Waals surface area contributed by atoms with Crippen LogP contribution in [-0.4, -0.2) is 16.1 Å². The molecule has 1 aromatic carbocycles. The molecule has 2 heterocycles. The quantitative estimate of drug-likeness (QED) is 0.764. The first kappa shape index (κ1) is 8.92. The second-order valence-electron chi connectivity index (χ2n) is 4.17. The summed E-state index contributed by atoms with van der Waals surface area (Å²) in [5.41, 5.74) is 2.32. The number of fused-ring (bicyclic) bond motifs is 1. The number of benzene rings is 1. The van der Waals surface area contributed by atoms with Gasteiger partial charge < -0.3 is 9.88 Å². The molecule has 3 heteroatoms. The Morgan fingerprint density at radius 2 is 2.27 bits per heavy atom. The summed E-state index contributed by atoms with van der Waals surface area (Å²) in [5, 5.41) is 3.49. The molecule has 1 aliphatic heterocycles. The van der Waals surface area contributed by atoms with Gasteiger partial charge in [-0.15, -0.1) is 0 Å². The Morgan fingerprint density at radius 3 is 3.00 bits per heavy atom. The fourth-order valence-corrected chi connectivity index (χ4v) is 2.38. The minimum atomic E-state index is 0.447. The monoisotopic (exact) mass is 201 g/mol. The van der Waals surface area contributed by atoms with E-state index < -0.39 is 0 Å². The predicted molar refractivity (Wildman–Crippen MR) is 60.7 cm³/mol. The van der Waals surface area contributed by atoms with Gasteiger partial charge in [0.1, 0.15) is 5.82 Å². The van der Waals surface area contributed by atoms with E-state index in [4.69, 9.17) is 4.98 Å². The van der Waals surface area contributed by atoms with Gasteiger partial charge >= 0.3 is 0 Å². The first-order valence-corrected chi connectivity index (χ1v) is 5.51. The average Bonchev–Trinajstić information content (AvgIpc) is 2.87. The topological polar surface area (TPSA) is 29.9 Å². The van der Waals surface area contributed by atoms with Gasteiger partial charge in [0.05, 0.1) is 17.1 Å². The summed E-state index contributed by atoms with van der Waals surface area (Å²) >= 11 is 0. The molecule has 0 aliphatic carbocycles. The molecule has 1 fully saturated rings. The number of aromatic nitrogens is 2. The molecule has 1 saturated heterocycles. The Hall–Kier alpha value is -1.35. The minimum absolute atomic E-state index is 0.447. The SMILES string of the molecule is Cn1c(C2CCCN2)nc2ccccc21. The van der Waals surface area contributed by atoms with Crippen LogP contribution >= 0.6 is 0 Å². The molecule has 1 N–H and O–H groups in total. The van der Waals surface area contributed by atoms with Crippen LogP contribution in [0.1, 0.15) is 24.7 Å². The third-order valence-corrected chi connectivity index (χ3v) is 3.19. The largest absolute Gasteiger partial charge is 0.330 e. The highest BCUT2D eigenvalue weighted by Gasteiger charge is 2.21. The molecule has 1 aromatic heterocycles. The fraction of sp³-hybridized carbons (Fsp3) is 0.417. The van der Waals surface area contributed by atoms with Crippen molar-refractivity contribution >= 4 is 11.0 Å². The maximum Gasteiger partial charge on any atom is 0.126 e. The van der Waals surface area contributed by atoms with Gasteiger partial charge in [-0.25, -0.2) is 4.98 Å². The van der Waals surface area contributed by atoms with Crippen LogP contribution in [0.3, 0.4) is 0 Å². The molecule has 1 aliphatic rings. The van der Waals surface area contributed by atoms with Gasteiger partial charge in [-0.3, -0.25) is 0 Å². The first-order chi connectivity index (χ1) is 7.36. The smallest absolute Gasteiger partial charge is 0.126 e. The summed E-state index contributed by atoms with van der Waals surface area (Å²) in [7, 11) is 2.10. The van der Waals surface area contributed by atoms with Gasteiger partial charge in [0, 0.05) is 7.05 Å². The molecule has 0 radical (unpaired) electrons. The van der Waals surface area contributed by atoms with Crippen LogP contribution in [0.15, 0.2) is 24.3 Å². The van der Waals surface area contributed by atoms with Gasteiger partial charge in [-0.1, -0.05) is 12.1 Å². The van der Waals surface area contributed by atoms with Crippen LogP contribution in [0.2, 0.25) is 0 Å². The zero-order valence-corrected chi connectivity index (χ0v) is 8.90. The highest BCUT2D eigenvalue weighted by atomic mass is 15.1. The van der Waals surface area contributed by atoms with Gasteiger partial charge in [-0.2, -0.15) is 0 Å². The molecule has 3 nitrogen and oxygen atoms in total. The van der Waals surface area contributed by atoms with E-state index in [1.807, 2.05) is 6.07 Å². The molecular weight excluding hydrogens is 186 g/mol. The number of hydrogen-bond acceptors (Lipinski definition) is 2. The van der Waals surface area contributed by atoms with Crippen LogP contribution in [0, 0.1) is 0 Å². The lowest BCUT2D eigenvalue weighted by molar-refractivity contribution is 0.584. The summed E-state index contributed by atoms with van der Waals surface area (Å²) in [6, 6.07) is 8.76. The maximum atomic E-state index is 4.69. The van der Waals surface area contributed by atoms with Crippen molar-refractivity contribution in [1.29, 1.82) is 0 Å². The molecule has 0 amide bonds. The van der Waals surface area contributed by atoms with E-state index in [9.17, 15) is 0 Å². The highest BCUT2D eigenvalue weighted by Crippen LogP contribution is 2.25. The van der Waals surface area contributed by atoms with Crippen molar-refractivity contribution in [2.45, 2.75) is 18.9 Å². The van der Waals surface area contributed by atoms with Crippen molar-refractivity contribution in [3.8, 4) is 0 Å². The number of imidazole rings is 1. The third-order valence-electron chi connectivity index (χ3n) is 3.19. The molecule has 15 heavy (non-hydrogen) atoms. The Labute approximate surface area is 89.1 Å². The second-order valence-corrected chi connectivity index (χ2v) is 4.17. The van der Waals surface area contributed by atoms with Crippen LogP contribution in [0.4, 0.5) is 0 Å². The molecule has 0 saturated carbocycles. The summed E-state index contributed by atoms with van der Waals surface area (Å²) in [5.74, 6) is 1.17. The summed E-state index contributed by atoms with van der Waals surface area (Å²) in [6.07, 6.45) is 2.46. The van der Waals surface area contributed by atoms with Crippen LogP contribution < -0.4 is 5.32 Å². The van der Waals surface area contributed by atoms with Gasteiger partial charge in [0.25, 0.3) is 0 Å². The lowest BCUT2D eigenvalue weighted by Gasteiger charge is -2.09. The van der Waals surface area contributed by atoms with E-state index in [1.165, 1.54) is 24.2 Å². The summed E-state index contributed by atoms with van der Waals surface area (Å²) in [4.78, 5) is 4.69. The Kier molecular flexibility index (Phi) is 1.99. The Morgan fingerprint density at radius 1 is 1.40 bits per heavy atom. The van der Waals surface area contributed by atoms with Gasteiger partial charge in [0.15, 0.2) is 0 Å². The van der Waals surface area contributed by atoms with Gasteiger partial charge in [0.2, 0.25) is 0 Å². The summed E-state index contributed by atoms with van der Waals surface area (Å²) in [6.45, 7) is 1.12. The fourth-order valence-electron chi connectivity index (χ4n) is 2.38. The van der Waals surface area contributed by atoms with Crippen molar-refractivity contribution in [2.75, 3.05) is 6.54 Å². The zero-order valence-electron chi connectivity index (χ0n) is 8.90. The second kappa shape index (κ2) is 3.35. The molecule has 78 valence electrons. The van der Waals surface area contributed by atoms with Crippen LogP contribution in [-0.2, 0) is 7.05 Å². The molecule has 1 unspecified atom stereocenters. The molecule has 2 aromatic rings. The maximum absolute atomic E-state index is 4.69. The number of hydrogen-bond donors (Lipinski definition) is 1. The van der Waals surface area contributed by atoms with Gasteiger partial charge in [-0.05, 0) is 31.5 Å². The highest BCUT2D eigenvalue weighted by molar-refractivity contribution is 5.75.